The molecule has 0 aromatic heterocycles. The van der Waals surface area contributed by atoms with E-state index in [-0.39, 0.29) is 30.0 Å². The number of alkyl halides is 3. The summed E-state index contributed by atoms with van der Waals surface area (Å²) in [5.41, 5.74) is 1.23. The molecule has 27 heavy (non-hydrogen) atoms. The Morgan fingerprint density at radius 2 is 2.00 bits per heavy atom. The van der Waals surface area contributed by atoms with E-state index in [0.29, 0.717) is 25.5 Å². The van der Waals surface area contributed by atoms with Crippen LogP contribution in [0.25, 0.3) is 0 Å². The minimum absolute atomic E-state index is 0. The molecule has 0 spiro atoms. The molecule has 0 amide bonds. The Morgan fingerprint density at radius 3 is 2.59 bits per heavy atom. The van der Waals surface area contributed by atoms with Crippen molar-refractivity contribution in [3.8, 4) is 5.75 Å². The molecule has 1 heterocycles. The van der Waals surface area contributed by atoms with E-state index in [2.05, 4.69) is 15.6 Å². The first-order valence-electron chi connectivity index (χ1n) is 8.79. The summed E-state index contributed by atoms with van der Waals surface area (Å²) in [6, 6.07) is 7.95. The van der Waals surface area contributed by atoms with Gasteiger partial charge >= 0.3 is 6.18 Å². The lowest BCUT2D eigenvalue weighted by atomic mass is 10.1. The van der Waals surface area contributed by atoms with Crippen molar-refractivity contribution in [3.63, 3.8) is 0 Å². The monoisotopic (exact) mass is 500 g/mol. The highest BCUT2D eigenvalue weighted by atomic mass is 127. The van der Waals surface area contributed by atoms with Crippen LogP contribution < -0.4 is 15.4 Å². The van der Waals surface area contributed by atoms with Gasteiger partial charge in [0.25, 0.3) is 0 Å². The third kappa shape index (κ3) is 9.00. The van der Waals surface area contributed by atoms with Crippen molar-refractivity contribution in [2.45, 2.75) is 31.5 Å². The van der Waals surface area contributed by atoms with Gasteiger partial charge in [-0.3, -0.25) is 9.89 Å². The molecule has 1 unspecified atom stereocenters. The first-order valence-corrected chi connectivity index (χ1v) is 8.79. The summed E-state index contributed by atoms with van der Waals surface area (Å²) in [5.74, 6) is 1.48. The highest BCUT2D eigenvalue weighted by Gasteiger charge is 2.34. The Bertz CT molecular complexity index is 581. The molecule has 0 bridgehead atoms. The van der Waals surface area contributed by atoms with E-state index in [1.807, 2.05) is 24.3 Å². The lowest BCUT2D eigenvalue weighted by Gasteiger charge is -2.19. The lowest BCUT2D eigenvalue weighted by Crippen LogP contribution is -2.45. The molecule has 154 valence electrons. The minimum atomic E-state index is -4.14. The number of hydrogen-bond acceptors (Lipinski definition) is 3. The number of benzene rings is 1. The van der Waals surface area contributed by atoms with Crippen LogP contribution in [0.2, 0.25) is 0 Å². The van der Waals surface area contributed by atoms with E-state index >= 15 is 0 Å². The van der Waals surface area contributed by atoms with E-state index in [0.717, 1.165) is 25.1 Å². The van der Waals surface area contributed by atoms with Gasteiger partial charge in [-0.25, -0.2) is 0 Å². The fraction of sp³-hybridized carbons (Fsp3) is 0.611. The maximum absolute atomic E-state index is 12.4. The van der Waals surface area contributed by atoms with Crippen molar-refractivity contribution in [2.75, 3.05) is 40.3 Å². The zero-order chi connectivity index (χ0) is 19.0. The smallest absolute Gasteiger partial charge is 0.401 e. The van der Waals surface area contributed by atoms with Crippen LogP contribution in [-0.4, -0.2) is 63.4 Å². The normalized spacial score (nSPS) is 18.1. The fourth-order valence-electron chi connectivity index (χ4n) is 3.03. The highest BCUT2D eigenvalue weighted by Crippen LogP contribution is 2.19. The molecular formula is C18H28F3IN4O. The first kappa shape index (κ1) is 23.8. The third-order valence-electron chi connectivity index (χ3n) is 4.33. The number of rotatable bonds is 7. The van der Waals surface area contributed by atoms with Gasteiger partial charge in [0.2, 0.25) is 0 Å². The molecule has 1 aromatic carbocycles. The predicted molar refractivity (Wildman–Crippen MR) is 112 cm³/mol. The first-order chi connectivity index (χ1) is 12.4. The van der Waals surface area contributed by atoms with Gasteiger partial charge in [-0.05, 0) is 37.0 Å². The maximum atomic E-state index is 12.4. The van der Waals surface area contributed by atoms with Gasteiger partial charge in [0.05, 0.1) is 13.7 Å². The third-order valence-corrected chi connectivity index (χ3v) is 4.33. The summed E-state index contributed by atoms with van der Waals surface area (Å²) < 4.78 is 42.5. The van der Waals surface area contributed by atoms with Gasteiger partial charge in [0.1, 0.15) is 5.75 Å². The van der Waals surface area contributed by atoms with Crippen molar-refractivity contribution in [3.05, 3.63) is 29.8 Å². The summed E-state index contributed by atoms with van der Waals surface area (Å²) in [4.78, 5) is 5.58. The minimum Gasteiger partial charge on any atom is -0.497 e. The van der Waals surface area contributed by atoms with Crippen molar-refractivity contribution < 1.29 is 17.9 Å². The number of guanidine groups is 1. The molecule has 1 atom stereocenters. The zero-order valence-corrected chi connectivity index (χ0v) is 18.0. The Balaban J connectivity index is 0.00000364. The molecule has 1 aromatic rings. The van der Waals surface area contributed by atoms with E-state index in [4.69, 9.17) is 4.74 Å². The van der Waals surface area contributed by atoms with E-state index in [1.54, 1.807) is 14.2 Å². The van der Waals surface area contributed by atoms with Gasteiger partial charge < -0.3 is 15.4 Å². The second-order valence-corrected chi connectivity index (χ2v) is 6.43. The topological polar surface area (TPSA) is 48.9 Å². The van der Waals surface area contributed by atoms with Gasteiger partial charge in [-0.15, -0.1) is 24.0 Å². The zero-order valence-electron chi connectivity index (χ0n) is 15.7. The van der Waals surface area contributed by atoms with Crippen LogP contribution in [0, 0.1) is 0 Å². The standard InChI is InChI=1S/C18H27F3N4O.HI/c1-22-17(24-15-9-11-25(12-15)13-18(19,20)21)23-10-3-4-14-5-7-16(26-2)8-6-14;/h5-8,15H,3-4,9-13H2,1-2H3,(H2,22,23,24);1H. The summed E-state index contributed by atoms with van der Waals surface area (Å²) in [6.45, 7) is 0.724. The van der Waals surface area contributed by atoms with E-state index < -0.39 is 12.7 Å². The SMILES string of the molecule is CN=C(NCCCc1ccc(OC)cc1)NC1CCN(CC(F)(F)F)C1.I. The number of aliphatic imine (C=N–C) groups is 1. The predicted octanol–water partition coefficient (Wildman–Crippen LogP) is 3.05. The molecule has 0 radical (unpaired) electrons. The molecule has 1 aliphatic heterocycles. The Labute approximate surface area is 175 Å². The van der Waals surface area contributed by atoms with Crippen LogP contribution >= 0.6 is 24.0 Å². The van der Waals surface area contributed by atoms with Crippen molar-refractivity contribution in [2.24, 2.45) is 4.99 Å². The Kier molecular flexibility index (Phi) is 10.2. The molecule has 0 aliphatic carbocycles. The number of likely N-dealkylation sites (tertiary alicyclic amines) is 1. The number of halogens is 4. The summed E-state index contributed by atoms with van der Waals surface area (Å²) in [7, 11) is 3.31. The van der Waals surface area contributed by atoms with Crippen molar-refractivity contribution in [1.82, 2.24) is 15.5 Å². The molecule has 5 nitrogen and oxygen atoms in total. The van der Waals surface area contributed by atoms with Crippen LogP contribution in [0.4, 0.5) is 13.2 Å². The summed E-state index contributed by atoms with van der Waals surface area (Å²) in [5, 5.41) is 6.43. The lowest BCUT2D eigenvalue weighted by molar-refractivity contribution is -0.143. The highest BCUT2D eigenvalue weighted by molar-refractivity contribution is 14.0. The van der Waals surface area contributed by atoms with Crippen LogP contribution in [0.15, 0.2) is 29.3 Å². The van der Waals surface area contributed by atoms with Gasteiger partial charge in [0, 0.05) is 32.7 Å². The number of nitrogens with one attached hydrogen (secondary N) is 2. The average Bonchev–Trinajstić information content (AvgIpc) is 3.03. The summed E-state index contributed by atoms with van der Waals surface area (Å²) in [6.07, 6.45) is -1.60. The van der Waals surface area contributed by atoms with Crippen molar-refractivity contribution >= 4 is 29.9 Å². The maximum Gasteiger partial charge on any atom is 0.401 e. The molecule has 1 saturated heterocycles. The van der Waals surface area contributed by atoms with Crippen LogP contribution in [0.5, 0.6) is 5.75 Å². The second-order valence-electron chi connectivity index (χ2n) is 6.43. The largest absolute Gasteiger partial charge is 0.497 e. The molecule has 2 rings (SSSR count). The van der Waals surface area contributed by atoms with Crippen LogP contribution in [0.1, 0.15) is 18.4 Å². The van der Waals surface area contributed by atoms with Crippen LogP contribution in [0.3, 0.4) is 0 Å². The van der Waals surface area contributed by atoms with Gasteiger partial charge in [0.15, 0.2) is 5.96 Å². The second kappa shape index (κ2) is 11.6. The Morgan fingerprint density at radius 1 is 1.30 bits per heavy atom. The Hall–Kier alpha value is -1.23. The molecule has 1 aliphatic rings. The average molecular weight is 500 g/mol. The van der Waals surface area contributed by atoms with E-state index in [1.165, 1.54) is 10.5 Å². The van der Waals surface area contributed by atoms with Crippen molar-refractivity contribution in [1.29, 1.82) is 0 Å². The number of aryl methyl sites for hydroxylation is 1. The number of nitrogens with zero attached hydrogens (tertiary/aromatic N) is 2. The quantitative estimate of drug-likeness (QED) is 0.262. The number of methoxy groups -OCH3 is 1. The molecule has 1 fully saturated rings. The molecule has 9 heteroatoms. The van der Waals surface area contributed by atoms with E-state index in [9.17, 15) is 13.2 Å². The van der Waals surface area contributed by atoms with Gasteiger partial charge in [-0.2, -0.15) is 13.2 Å². The number of hydrogen-bond donors (Lipinski definition) is 2. The molecule has 2 N–H and O–H groups in total. The summed E-state index contributed by atoms with van der Waals surface area (Å²) >= 11 is 0. The van der Waals surface area contributed by atoms with Gasteiger partial charge in [-0.1, -0.05) is 12.1 Å². The van der Waals surface area contributed by atoms with Crippen LogP contribution in [-0.2, 0) is 6.42 Å². The number of ether oxygens (including phenoxy) is 1. The fourth-order valence-corrected chi connectivity index (χ4v) is 3.03. The molecular weight excluding hydrogens is 472 g/mol. The molecule has 0 saturated carbocycles.